The van der Waals surface area contributed by atoms with Crippen molar-refractivity contribution < 1.29 is 24.3 Å². The summed E-state index contributed by atoms with van der Waals surface area (Å²) in [5.41, 5.74) is 2.60. The molecule has 1 aliphatic rings. The number of carboxylic acid groups (broad SMARTS) is 1. The summed E-state index contributed by atoms with van der Waals surface area (Å²) in [6, 6.07) is 12.9. The van der Waals surface area contributed by atoms with Gasteiger partial charge in [0.05, 0.1) is 18.4 Å². The van der Waals surface area contributed by atoms with E-state index in [2.05, 4.69) is 20.6 Å². The third-order valence-electron chi connectivity index (χ3n) is 6.48. The predicted molar refractivity (Wildman–Crippen MR) is 144 cm³/mol. The number of carbonyl (C=O) groups excluding carboxylic acids is 3. The standard InChI is InChI=1S/C28H30N6O5/c1-2-33(17-19-8-11-29-12-9-19)28(39)31-22-6-3-7-23(14-22)34-18-21(13-25(34)35)27(38)32-24(15-26(36)37)20-5-4-10-30-16-20/h3-12,14,16,21,24H,2,13,15,17-18H2,1H3,(H,31,39)(H,32,38)(H,36,37). The Bertz CT molecular complexity index is 1320. The lowest BCUT2D eigenvalue weighted by molar-refractivity contribution is -0.138. The number of amides is 4. The molecule has 1 aliphatic heterocycles. The maximum absolute atomic E-state index is 13.0. The number of hydrogen-bond acceptors (Lipinski definition) is 6. The van der Waals surface area contributed by atoms with Crippen LogP contribution in [0.5, 0.6) is 0 Å². The molecule has 2 atom stereocenters. The summed E-state index contributed by atoms with van der Waals surface area (Å²) in [7, 11) is 0. The normalized spacial score (nSPS) is 15.5. The lowest BCUT2D eigenvalue weighted by Crippen LogP contribution is -2.36. The van der Waals surface area contributed by atoms with Crippen molar-refractivity contribution in [3.8, 4) is 0 Å². The largest absolute Gasteiger partial charge is 0.481 e. The van der Waals surface area contributed by atoms with Crippen molar-refractivity contribution in [2.45, 2.75) is 32.4 Å². The lowest BCUT2D eigenvalue weighted by atomic mass is 10.0. The van der Waals surface area contributed by atoms with Crippen LogP contribution in [0.15, 0.2) is 73.3 Å². The van der Waals surface area contributed by atoms with E-state index in [1.54, 1.807) is 59.9 Å². The highest BCUT2D eigenvalue weighted by Gasteiger charge is 2.36. The van der Waals surface area contributed by atoms with Gasteiger partial charge >= 0.3 is 12.0 Å². The SMILES string of the molecule is CCN(Cc1ccncc1)C(=O)Nc1cccc(N2CC(C(=O)NC(CC(=O)O)c3cccnc3)CC2=O)c1. The Morgan fingerprint density at radius 3 is 2.59 bits per heavy atom. The lowest BCUT2D eigenvalue weighted by Gasteiger charge is -2.22. The van der Waals surface area contributed by atoms with Crippen LogP contribution in [-0.2, 0) is 20.9 Å². The number of carboxylic acids is 1. The van der Waals surface area contributed by atoms with Crippen molar-refractivity contribution in [2.24, 2.45) is 5.92 Å². The molecule has 0 saturated carbocycles. The van der Waals surface area contributed by atoms with Crippen molar-refractivity contribution >= 4 is 35.2 Å². The van der Waals surface area contributed by atoms with E-state index in [0.29, 0.717) is 30.0 Å². The van der Waals surface area contributed by atoms with Gasteiger partial charge in [0.1, 0.15) is 0 Å². The van der Waals surface area contributed by atoms with Crippen LogP contribution in [0.1, 0.15) is 36.9 Å². The summed E-state index contributed by atoms with van der Waals surface area (Å²) in [6.45, 7) is 2.95. The monoisotopic (exact) mass is 530 g/mol. The molecule has 202 valence electrons. The van der Waals surface area contributed by atoms with Gasteiger partial charge < -0.3 is 25.5 Å². The van der Waals surface area contributed by atoms with Crippen molar-refractivity contribution in [3.63, 3.8) is 0 Å². The van der Waals surface area contributed by atoms with Gasteiger partial charge in [0, 0.05) is 62.2 Å². The molecule has 4 rings (SSSR count). The molecule has 0 radical (unpaired) electrons. The van der Waals surface area contributed by atoms with E-state index in [1.165, 1.54) is 11.1 Å². The van der Waals surface area contributed by atoms with Gasteiger partial charge in [-0.05, 0) is 54.4 Å². The van der Waals surface area contributed by atoms with E-state index >= 15 is 0 Å². The summed E-state index contributed by atoms with van der Waals surface area (Å²) in [5.74, 6) is -2.35. The Hall–Kier alpha value is -4.80. The first-order valence-electron chi connectivity index (χ1n) is 12.6. The van der Waals surface area contributed by atoms with Crippen LogP contribution >= 0.6 is 0 Å². The number of benzene rings is 1. The van der Waals surface area contributed by atoms with Crippen molar-refractivity contribution in [2.75, 3.05) is 23.3 Å². The molecular weight excluding hydrogens is 500 g/mol. The van der Waals surface area contributed by atoms with Crippen LogP contribution in [0.2, 0.25) is 0 Å². The number of hydrogen-bond donors (Lipinski definition) is 3. The fourth-order valence-electron chi connectivity index (χ4n) is 4.42. The van der Waals surface area contributed by atoms with Gasteiger partial charge in [-0.25, -0.2) is 4.79 Å². The van der Waals surface area contributed by atoms with E-state index in [9.17, 15) is 24.3 Å². The molecule has 3 aromatic rings. The molecular formula is C28H30N6O5. The van der Waals surface area contributed by atoms with Crippen LogP contribution in [0.25, 0.3) is 0 Å². The molecule has 1 saturated heterocycles. The van der Waals surface area contributed by atoms with Gasteiger partial charge in [-0.2, -0.15) is 0 Å². The van der Waals surface area contributed by atoms with Crippen LogP contribution < -0.4 is 15.5 Å². The maximum Gasteiger partial charge on any atom is 0.322 e. The second kappa shape index (κ2) is 12.6. The number of anilines is 2. The Labute approximate surface area is 225 Å². The van der Waals surface area contributed by atoms with Gasteiger partial charge in [0.15, 0.2) is 0 Å². The molecule has 3 N–H and O–H groups in total. The highest BCUT2D eigenvalue weighted by atomic mass is 16.4. The Morgan fingerprint density at radius 2 is 1.90 bits per heavy atom. The van der Waals surface area contributed by atoms with Gasteiger partial charge in [-0.15, -0.1) is 0 Å². The van der Waals surface area contributed by atoms with Crippen LogP contribution in [-0.4, -0.2) is 56.9 Å². The number of urea groups is 1. The minimum atomic E-state index is -1.06. The summed E-state index contributed by atoms with van der Waals surface area (Å²) >= 11 is 0. The smallest absolute Gasteiger partial charge is 0.322 e. The fraction of sp³-hybridized carbons (Fsp3) is 0.286. The van der Waals surface area contributed by atoms with Gasteiger partial charge in [-0.1, -0.05) is 12.1 Å². The Balaban J connectivity index is 1.40. The average molecular weight is 531 g/mol. The third-order valence-corrected chi connectivity index (χ3v) is 6.48. The molecule has 4 amide bonds. The topological polar surface area (TPSA) is 145 Å². The zero-order chi connectivity index (χ0) is 27.8. The first-order chi connectivity index (χ1) is 18.8. The third kappa shape index (κ3) is 7.16. The number of aromatic nitrogens is 2. The van der Waals surface area contributed by atoms with Crippen molar-refractivity contribution in [1.82, 2.24) is 20.2 Å². The number of rotatable bonds is 10. The highest BCUT2D eigenvalue weighted by molar-refractivity contribution is 6.01. The second-order valence-electron chi connectivity index (χ2n) is 9.20. The molecule has 1 aromatic carbocycles. The van der Waals surface area contributed by atoms with E-state index in [1.807, 2.05) is 19.1 Å². The van der Waals surface area contributed by atoms with Crippen LogP contribution in [0, 0.1) is 5.92 Å². The number of nitrogens with zero attached hydrogens (tertiary/aromatic N) is 4. The van der Waals surface area contributed by atoms with Crippen molar-refractivity contribution in [1.29, 1.82) is 0 Å². The van der Waals surface area contributed by atoms with Crippen LogP contribution in [0.4, 0.5) is 16.2 Å². The maximum atomic E-state index is 13.0. The average Bonchev–Trinajstić information content (AvgIpc) is 3.34. The number of nitrogens with one attached hydrogen (secondary N) is 2. The van der Waals surface area contributed by atoms with Crippen LogP contribution in [0.3, 0.4) is 0 Å². The van der Waals surface area contributed by atoms with E-state index in [0.717, 1.165) is 5.56 Å². The van der Waals surface area contributed by atoms with E-state index < -0.39 is 23.8 Å². The molecule has 2 unspecified atom stereocenters. The first kappa shape index (κ1) is 27.2. The molecule has 3 heterocycles. The highest BCUT2D eigenvalue weighted by Crippen LogP contribution is 2.28. The molecule has 1 fully saturated rings. The summed E-state index contributed by atoms with van der Waals surface area (Å²) in [6.07, 6.45) is 6.11. The summed E-state index contributed by atoms with van der Waals surface area (Å²) < 4.78 is 0. The zero-order valence-corrected chi connectivity index (χ0v) is 21.5. The molecule has 0 aliphatic carbocycles. The Kier molecular flexibility index (Phi) is 8.82. The van der Waals surface area contributed by atoms with Gasteiger partial charge in [0.2, 0.25) is 11.8 Å². The molecule has 11 nitrogen and oxygen atoms in total. The molecule has 11 heteroatoms. The number of pyridine rings is 2. The number of aliphatic carboxylic acids is 1. The van der Waals surface area contributed by atoms with Gasteiger partial charge in [0.25, 0.3) is 0 Å². The minimum Gasteiger partial charge on any atom is -0.481 e. The molecule has 39 heavy (non-hydrogen) atoms. The van der Waals surface area contributed by atoms with Crippen molar-refractivity contribution in [3.05, 3.63) is 84.4 Å². The summed E-state index contributed by atoms with van der Waals surface area (Å²) in [4.78, 5) is 61.3. The summed E-state index contributed by atoms with van der Waals surface area (Å²) in [5, 5.41) is 15.0. The predicted octanol–water partition coefficient (Wildman–Crippen LogP) is 3.22. The fourth-order valence-corrected chi connectivity index (χ4v) is 4.42. The molecule has 0 spiro atoms. The second-order valence-corrected chi connectivity index (χ2v) is 9.20. The number of carbonyl (C=O) groups is 4. The van der Waals surface area contributed by atoms with E-state index in [4.69, 9.17) is 0 Å². The Morgan fingerprint density at radius 1 is 1.10 bits per heavy atom. The molecule has 2 aromatic heterocycles. The van der Waals surface area contributed by atoms with Gasteiger partial charge in [-0.3, -0.25) is 24.4 Å². The first-order valence-corrected chi connectivity index (χ1v) is 12.6. The van der Waals surface area contributed by atoms with E-state index in [-0.39, 0.29) is 31.3 Å². The quantitative estimate of drug-likeness (QED) is 0.365. The molecule has 0 bridgehead atoms. The minimum absolute atomic E-state index is 0.00913. The zero-order valence-electron chi connectivity index (χ0n) is 21.5.